The molecule has 25 heavy (non-hydrogen) atoms. The fourth-order valence-electron chi connectivity index (χ4n) is 1.89. The molecule has 2 rings (SSSR count). The molecule has 0 aliphatic heterocycles. The van der Waals surface area contributed by atoms with Crippen molar-refractivity contribution in [3.05, 3.63) is 68.4 Å². The van der Waals surface area contributed by atoms with Crippen LogP contribution in [-0.2, 0) is 17.5 Å². The van der Waals surface area contributed by atoms with Crippen LogP contribution in [0.3, 0.4) is 0 Å². The van der Waals surface area contributed by atoms with Gasteiger partial charge in [0.2, 0.25) is 5.91 Å². The summed E-state index contributed by atoms with van der Waals surface area (Å²) >= 11 is 0. The van der Waals surface area contributed by atoms with Crippen LogP contribution < -0.4 is 10.9 Å². The van der Waals surface area contributed by atoms with Crippen molar-refractivity contribution in [3.63, 3.8) is 0 Å². The summed E-state index contributed by atoms with van der Waals surface area (Å²) in [5.74, 6) is -2.00. The Morgan fingerprint density at radius 3 is 2.52 bits per heavy atom. The predicted molar refractivity (Wildman–Crippen MR) is 77.4 cm³/mol. The molecule has 0 aliphatic rings. The standard InChI is InChI=1S/C14H9F4N3O4/c15-10-3-2-9(21(24)25)5-11(10)19-12(22)7-20-6-8(14(16,17)18)1-4-13(20)23/h1-6H,7H2,(H,19,22). The number of rotatable bonds is 4. The highest BCUT2D eigenvalue weighted by atomic mass is 19.4. The number of anilines is 1. The van der Waals surface area contributed by atoms with Gasteiger partial charge >= 0.3 is 6.18 Å². The van der Waals surface area contributed by atoms with Gasteiger partial charge in [-0.05, 0) is 12.1 Å². The molecule has 11 heteroatoms. The third-order valence-electron chi connectivity index (χ3n) is 3.06. The average Bonchev–Trinajstić information content (AvgIpc) is 2.50. The van der Waals surface area contributed by atoms with E-state index in [4.69, 9.17) is 0 Å². The number of pyridine rings is 1. The van der Waals surface area contributed by atoms with Gasteiger partial charge in [-0.3, -0.25) is 19.7 Å². The van der Waals surface area contributed by atoms with Crippen LogP contribution in [0.4, 0.5) is 28.9 Å². The Kier molecular flexibility index (Phi) is 4.86. The maximum absolute atomic E-state index is 13.6. The smallest absolute Gasteiger partial charge is 0.322 e. The van der Waals surface area contributed by atoms with Crippen LogP contribution in [0.5, 0.6) is 0 Å². The summed E-state index contributed by atoms with van der Waals surface area (Å²) < 4.78 is 52.0. The van der Waals surface area contributed by atoms with E-state index in [1.165, 1.54) is 0 Å². The quantitative estimate of drug-likeness (QED) is 0.516. The lowest BCUT2D eigenvalue weighted by Crippen LogP contribution is -2.28. The SMILES string of the molecule is O=C(Cn1cc(C(F)(F)F)ccc1=O)Nc1cc([N+](=O)[O-])ccc1F. The van der Waals surface area contributed by atoms with E-state index in [-0.39, 0.29) is 0 Å². The van der Waals surface area contributed by atoms with Gasteiger partial charge in [0.25, 0.3) is 11.2 Å². The normalized spacial score (nSPS) is 11.2. The highest BCUT2D eigenvalue weighted by Crippen LogP contribution is 2.28. The Morgan fingerprint density at radius 2 is 1.92 bits per heavy atom. The summed E-state index contributed by atoms with van der Waals surface area (Å²) in [4.78, 5) is 33.2. The summed E-state index contributed by atoms with van der Waals surface area (Å²) in [6, 6.07) is 3.59. The van der Waals surface area contributed by atoms with Crippen molar-refractivity contribution in [1.82, 2.24) is 4.57 Å². The lowest BCUT2D eigenvalue weighted by Gasteiger charge is -2.11. The molecule has 0 spiro atoms. The third-order valence-corrected chi connectivity index (χ3v) is 3.06. The molecule has 1 aromatic heterocycles. The number of nitro benzene ring substituents is 1. The molecule has 132 valence electrons. The molecule has 1 amide bonds. The van der Waals surface area contributed by atoms with Crippen molar-refractivity contribution < 1.29 is 27.3 Å². The highest BCUT2D eigenvalue weighted by molar-refractivity contribution is 5.91. The molecule has 7 nitrogen and oxygen atoms in total. The first kappa shape index (κ1) is 18.1. The number of aromatic nitrogens is 1. The first-order valence-electron chi connectivity index (χ1n) is 6.59. The highest BCUT2D eigenvalue weighted by Gasteiger charge is 2.31. The molecule has 0 fully saturated rings. The topological polar surface area (TPSA) is 94.2 Å². The Hall–Kier alpha value is -3.24. The van der Waals surface area contributed by atoms with Crippen LogP contribution in [0.2, 0.25) is 0 Å². The summed E-state index contributed by atoms with van der Waals surface area (Å²) in [5, 5.41) is 12.6. The van der Waals surface area contributed by atoms with Gasteiger partial charge in [-0.1, -0.05) is 0 Å². The Morgan fingerprint density at radius 1 is 1.24 bits per heavy atom. The van der Waals surface area contributed by atoms with E-state index in [0.717, 1.165) is 18.2 Å². The molecular formula is C14H9F4N3O4. The molecule has 2 aromatic rings. The molecule has 0 saturated heterocycles. The number of non-ortho nitro benzene ring substituents is 1. The van der Waals surface area contributed by atoms with Crippen molar-refractivity contribution in [1.29, 1.82) is 0 Å². The molecule has 1 aromatic carbocycles. The van der Waals surface area contributed by atoms with Gasteiger partial charge in [-0.2, -0.15) is 13.2 Å². The number of nitrogens with one attached hydrogen (secondary N) is 1. The monoisotopic (exact) mass is 359 g/mol. The van der Waals surface area contributed by atoms with Crippen LogP contribution in [0, 0.1) is 15.9 Å². The fourth-order valence-corrected chi connectivity index (χ4v) is 1.89. The number of nitro groups is 1. The van der Waals surface area contributed by atoms with Gasteiger partial charge in [0.1, 0.15) is 12.4 Å². The Labute approximate surface area is 136 Å². The van der Waals surface area contributed by atoms with Gasteiger partial charge in [0.15, 0.2) is 0 Å². The van der Waals surface area contributed by atoms with E-state index in [0.29, 0.717) is 22.9 Å². The summed E-state index contributed by atoms with van der Waals surface area (Å²) in [7, 11) is 0. The van der Waals surface area contributed by atoms with Crippen LogP contribution >= 0.6 is 0 Å². The number of amides is 1. The molecule has 0 saturated carbocycles. The number of hydrogen-bond donors (Lipinski definition) is 1. The first-order chi connectivity index (χ1) is 11.6. The lowest BCUT2D eigenvalue weighted by atomic mass is 10.2. The molecule has 0 unspecified atom stereocenters. The van der Waals surface area contributed by atoms with E-state index in [1.807, 2.05) is 5.32 Å². The molecule has 0 atom stereocenters. The van der Waals surface area contributed by atoms with Crippen molar-refractivity contribution in [2.45, 2.75) is 12.7 Å². The van der Waals surface area contributed by atoms with Crippen LogP contribution in [0.1, 0.15) is 5.56 Å². The minimum atomic E-state index is -4.71. The number of carbonyl (C=O) groups is 1. The van der Waals surface area contributed by atoms with E-state index in [9.17, 15) is 37.3 Å². The van der Waals surface area contributed by atoms with Gasteiger partial charge in [-0.25, -0.2) is 4.39 Å². The van der Waals surface area contributed by atoms with Gasteiger partial charge in [0, 0.05) is 24.4 Å². The third kappa shape index (κ3) is 4.40. The molecule has 1 heterocycles. The molecular weight excluding hydrogens is 350 g/mol. The number of halogens is 4. The zero-order valence-corrected chi connectivity index (χ0v) is 12.2. The Balaban J connectivity index is 2.23. The molecule has 0 bridgehead atoms. The van der Waals surface area contributed by atoms with E-state index in [2.05, 4.69) is 0 Å². The number of hydrogen-bond acceptors (Lipinski definition) is 4. The van der Waals surface area contributed by atoms with Crippen LogP contribution in [0.15, 0.2) is 41.3 Å². The zero-order chi connectivity index (χ0) is 18.8. The fraction of sp³-hybridized carbons (Fsp3) is 0.143. The first-order valence-corrected chi connectivity index (χ1v) is 6.59. The van der Waals surface area contributed by atoms with E-state index >= 15 is 0 Å². The zero-order valence-electron chi connectivity index (χ0n) is 12.2. The second kappa shape index (κ2) is 6.71. The second-order valence-corrected chi connectivity index (χ2v) is 4.85. The van der Waals surface area contributed by atoms with Crippen molar-refractivity contribution in [2.75, 3.05) is 5.32 Å². The second-order valence-electron chi connectivity index (χ2n) is 4.85. The largest absolute Gasteiger partial charge is 0.417 e. The van der Waals surface area contributed by atoms with E-state index in [1.54, 1.807) is 0 Å². The number of benzene rings is 1. The van der Waals surface area contributed by atoms with Crippen molar-refractivity contribution >= 4 is 17.3 Å². The minimum Gasteiger partial charge on any atom is -0.322 e. The van der Waals surface area contributed by atoms with Gasteiger partial charge in [-0.15, -0.1) is 0 Å². The maximum Gasteiger partial charge on any atom is 0.417 e. The summed E-state index contributed by atoms with van der Waals surface area (Å²) in [5.41, 5.74) is -3.03. The molecule has 0 aliphatic carbocycles. The van der Waals surface area contributed by atoms with Crippen LogP contribution in [0.25, 0.3) is 0 Å². The van der Waals surface area contributed by atoms with Crippen molar-refractivity contribution in [2.24, 2.45) is 0 Å². The lowest BCUT2D eigenvalue weighted by molar-refractivity contribution is -0.384. The van der Waals surface area contributed by atoms with E-state index < -0.39 is 51.9 Å². The predicted octanol–water partition coefficient (Wildman–Crippen LogP) is 2.55. The summed E-state index contributed by atoms with van der Waals surface area (Å²) in [6.07, 6.45) is -4.26. The molecule has 0 radical (unpaired) electrons. The van der Waals surface area contributed by atoms with Crippen LogP contribution in [-0.4, -0.2) is 15.4 Å². The molecule has 1 N–H and O–H groups in total. The Bertz CT molecular complexity index is 892. The van der Waals surface area contributed by atoms with Gasteiger partial charge < -0.3 is 9.88 Å². The number of nitrogens with zero attached hydrogens (tertiary/aromatic N) is 2. The van der Waals surface area contributed by atoms with Crippen molar-refractivity contribution in [3.8, 4) is 0 Å². The average molecular weight is 359 g/mol. The van der Waals surface area contributed by atoms with Gasteiger partial charge in [0.05, 0.1) is 16.2 Å². The number of carbonyl (C=O) groups excluding carboxylic acids is 1. The summed E-state index contributed by atoms with van der Waals surface area (Å²) in [6.45, 7) is -0.828. The minimum absolute atomic E-state index is 0.450. The maximum atomic E-state index is 13.6. The number of alkyl halides is 3.